The first-order valence-electron chi connectivity index (χ1n) is 8.40. The molecule has 2 fully saturated rings. The number of ether oxygens (including phenoxy) is 3. The van der Waals surface area contributed by atoms with Gasteiger partial charge in [0.15, 0.2) is 0 Å². The quantitative estimate of drug-likeness (QED) is 0.615. The summed E-state index contributed by atoms with van der Waals surface area (Å²) in [4.78, 5) is 27.1. The number of carbonyl (C=O) groups is 2. The minimum atomic E-state index is -0.707. The zero-order chi connectivity index (χ0) is 17.8. The van der Waals surface area contributed by atoms with Crippen LogP contribution in [0.5, 0.6) is 5.75 Å². The third kappa shape index (κ3) is 2.20. The summed E-state index contributed by atoms with van der Waals surface area (Å²) in [7, 11) is 2.97. The van der Waals surface area contributed by atoms with Gasteiger partial charge in [0.25, 0.3) is 0 Å². The molecule has 1 aromatic rings. The number of methoxy groups -OCH3 is 2. The van der Waals surface area contributed by atoms with Gasteiger partial charge in [0.05, 0.1) is 38.8 Å². The van der Waals surface area contributed by atoms with E-state index in [0.29, 0.717) is 6.54 Å². The zero-order valence-corrected chi connectivity index (χ0v) is 14.5. The lowest BCUT2D eigenvalue weighted by atomic mass is 9.77. The highest BCUT2D eigenvalue weighted by molar-refractivity contribution is 5.91. The fourth-order valence-corrected chi connectivity index (χ4v) is 4.32. The molecule has 3 aliphatic rings. The summed E-state index contributed by atoms with van der Waals surface area (Å²) >= 11 is 0. The molecule has 0 N–H and O–H groups in total. The average molecular weight is 343 g/mol. The Balaban J connectivity index is 1.62. The first-order chi connectivity index (χ1) is 12.0. The fourth-order valence-electron chi connectivity index (χ4n) is 4.32. The van der Waals surface area contributed by atoms with Gasteiger partial charge < -0.3 is 19.1 Å². The van der Waals surface area contributed by atoms with E-state index in [0.717, 1.165) is 11.3 Å². The van der Waals surface area contributed by atoms with Crippen LogP contribution in [0.2, 0.25) is 0 Å². The van der Waals surface area contributed by atoms with Gasteiger partial charge in [-0.2, -0.15) is 0 Å². The van der Waals surface area contributed by atoms with E-state index in [1.54, 1.807) is 12.0 Å². The van der Waals surface area contributed by atoms with Gasteiger partial charge in [-0.05, 0) is 24.6 Å². The lowest BCUT2D eigenvalue weighted by Crippen LogP contribution is -2.39. The molecule has 5 atom stereocenters. The molecule has 4 rings (SSSR count). The minimum Gasteiger partial charge on any atom is -0.497 e. The Morgan fingerprint density at radius 3 is 2.68 bits per heavy atom. The second-order valence-electron chi connectivity index (χ2n) is 6.84. The molecule has 6 heteroatoms. The molecule has 0 radical (unpaired) electrons. The molecule has 2 saturated heterocycles. The third-order valence-electron chi connectivity index (χ3n) is 5.67. The predicted molar refractivity (Wildman–Crippen MR) is 88.9 cm³/mol. The average Bonchev–Trinajstić information content (AvgIpc) is 3.29. The number of fused-ring (bicyclic) bond motifs is 1. The number of carbonyl (C=O) groups excluding carboxylic acids is 2. The van der Waals surface area contributed by atoms with Gasteiger partial charge in [0, 0.05) is 0 Å². The Hall–Kier alpha value is -2.34. The van der Waals surface area contributed by atoms with Crippen LogP contribution in [0.4, 0.5) is 0 Å². The molecule has 3 aliphatic heterocycles. The van der Waals surface area contributed by atoms with E-state index in [1.165, 1.54) is 7.11 Å². The van der Waals surface area contributed by atoms with Crippen molar-refractivity contribution in [3.63, 3.8) is 0 Å². The summed E-state index contributed by atoms with van der Waals surface area (Å²) in [5.41, 5.74) is 0.306. The number of rotatable bonds is 4. The van der Waals surface area contributed by atoms with Crippen molar-refractivity contribution in [3.8, 4) is 5.75 Å². The largest absolute Gasteiger partial charge is 0.497 e. The summed E-state index contributed by atoms with van der Waals surface area (Å²) < 4.78 is 16.1. The van der Waals surface area contributed by atoms with Crippen LogP contribution in [-0.4, -0.2) is 49.2 Å². The summed E-state index contributed by atoms with van der Waals surface area (Å²) in [5, 5.41) is 0. The highest BCUT2D eigenvalue weighted by atomic mass is 16.5. The second kappa shape index (κ2) is 5.59. The van der Waals surface area contributed by atoms with E-state index in [4.69, 9.17) is 14.2 Å². The van der Waals surface area contributed by atoms with Gasteiger partial charge in [0.2, 0.25) is 5.91 Å². The Morgan fingerprint density at radius 1 is 1.32 bits per heavy atom. The van der Waals surface area contributed by atoms with E-state index in [-0.39, 0.29) is 24.0 Å². The molecule has 6 nitrogen and oxygen atoms in total. The smallest absolute Gasteiger partial charge is 0.312 e. The maximum atomic E-state index is 13.1. The van der Waals surface area contributed by atoms with Crippen molar-refractivity contribution >= 4 is 11.9 Å². The summed E-state index contributed by atoms with van der Waals surface area (Å²) in [5.74, 6) is -0.722. The van der Waals surface area contributed by atoms with Crippen LogP contribution in [0.1, 0.15) is 18.5 Å². The Morgan fingerprint density at radius 2 is 2.04 bits per heavy atom. The summed E-state index contributed by atoms with van der Waals surface area (Å²) in [6.45, 7) is 2.44. The van der Waals surface area contributed by atoms with Crippen LogP contribution >= 0.6 is 0 Å². The van der Waals surface area contributed by atoms with Gasteiger partial charge in [0.1, 0.15) is 17.3 Å². The maximum absolute atomic E-state index is 13.1. The molecule has 0 unspecified atom stereocenters. The second-order valence-corrected chi connectivity index (χ2v) is 6.84. The molecule has 0 aromatic heterocycles. The molecular weight excluding hydrogens is 322 g/mol. The highest BCUT2D eigenvalue weighted by Gasteiger charge is 2.67. The van der Waals surface area contributed by atoms with Crippen molar-refractivity contribution in [1.29, 1.82) is 0 Å². The highest BCUT2D eigenvalue weighted by Crippen LogP contribution is 2.53. The van der Waals surface area contributed by atoms with Gasteiger partial charge in [-0.3, -0.25) is 9.59 Å². The zero-order valence-electron chi connectivity index (χ0n) is 14.5. The molecule has 2 bridgehead atoms. The Kier molecular flexibility index (Phi) is 3.61. The monoisotopic (exact) mass is 343 g/mol. The van der Waals surface area contributed by atoms with E-state index in [9.17, 15) is 9.59 Å². The third-order valence-corrected chi connectivity index (χ3v) is 5.67. The van der Waals surface area contributed by atoms with Crippen molar-refractivity contribution in [1.82, 2.24) is 4.90 Å². The van der Waals surface area contributed by atoms with Crippen molar-refractivity contribution in [3.05, 3.63) is 42.0 Å². The van der Waals surface area contributed by atoms with Crippen molar-refractivity contribution in [2.45, 2.75) is 24.7 Å². The lowest BCUT2D eigenvalue weighted by molar-refractivity contribution is -0.151. The topological polar surface area (TPSA) is 65.1 Å². The molecule has 25 heavy (non-hydrogen) atoms. The molecule has 1 amide bonds. The summed E-state index contributed by atoms with van der Waals surface area (Å²) in [6, 6.07) is 7.55. The minimum absolute atomic E-state index is 0.0504. The van der Waals surface area contributed by atoms with Crippen molar-refractivity contribution in [2.24, 2.45) is 11.8 Å². The van der Waals surface area contributed by atoms with Crippen LogP contribution in [0, 0.1) is 11.8 Å². The van der Waals surface area contributed by atoms with E-state index in [2.05, 4.69) is 0 Å². The Labute approximate surface area is 146 Å². The first-order valence-corrected chi connectivity index (χ1v) is 8.40. The Bertz CT molecular complexity index is 743. The molecule has 3 heterocycles. The normalized spacial score (nSPS) is 33.5. The number of nitrogens with zero attached hydrogens (tertiary/aromatic N) is 1. The van der Waals surface area contributed by atoms with E-state index >= 15 is 0 Å². The number of likely N-dealkylation sites (tertiary alicyclic amines) is 1. The number of amides is 1. The van der Waals surface area contributed by atoms with Gasteiger partial charge >= 0.3 is 5.97 Å². The fraction of sp³-hybridized carbons (Fsp3) is 0.474. The van der Waals surface area contributed by atoms with Gasteiger partial charge in [-0.25, -0.2) is 0 Å². The van der Waals surface area contributed by atoms with Gasteiger partial charge in [-0.1, -0.05) is 24.3 Å². The number of esters is 1. The van der Waals surface area contributed by atoms with E-state index in [1.807, 2.05) is 43.3 Å². The maximum Gasteiger partial charge on any atom is 0.312 e. The van der Waals surface area contributed by atoms with Crippen molar-refractivity contribution < 1.29 is 23.8 Å². The molecule has 1 aromatic carbocycles. The SMILES string of the molecule is COC(=O)[C@H]1[C@H]2C(=O)N([C@@H](C)c3ccc(OC)cc3)C[C@]23C=C[C@H]1O3. The van der Waals surface area contributed by atoms with Crippen LogP contribution in [0.25, 0.3) is 0 Å². The standard InChI is InChI=1S/C19H21NO5/c1-11(12-4-6-13(23-2)7-5-12)20-10-19-9-8-14(25-19)15(18(22)24-3)16(19)17(20)21/h4-9,11,14-16H,10H2,1-3H3/t11-,14+,15+,16-,19+/m0/s1. The lowest BCUT2D eigenvalue weighted by Gasteiger charge is -2.27. The predicted octanol–water partition coefficient (Wildman–Crippen LogP) is 1.71. The van der Waals surface area contributed by atoms with Crippen LogP contribution in [0.3, 0.4) is 0 Å². The number of hydrogen-bond donors (Lipinski definition) is 0. The first kappa shape index (κ1) is 16.1. The van der Waals surface area contributed by atoms with Crippen molar-refractivity contribution in [2.75, 3.05) is 20.8 Å². The molecular formula is C19H21NO5. The number of hydrogen-bond acceptors (Lipinski definition) is 5. The van der Waals surface area contributed by atoms with Crippen LogP contribution in [0.15, 0.2) is 36.4 Å². The van der Waals surface area contributed by atoms with Gasteiger partial charge in [-0.15, -0.1) is 0 Å². The molecule has 1 spiro atoms. The van der Waals surface area contributed by atoms with Crippen LogP contribution < -0.4 is 4.74 Å². The molecule has 0 aliphatic carbocycles. The van der Waals surface area contributed by atoms with E-state index < -0.39 is 17.4 Å². The summed E-state index contributed by atoms with van der Waals surface area (Å²) in [6.07, 6.45) is 3.47. The number of benzene rings is 1. The molecule has 132 valence electrons. The molecule has 0 saturated carbocycles. The van der Waals surface area contributed by atoms with Crippen LogP contribution in [-0.2, 0) is 19.1 Å².